The number of hydrogen-bond donors (Lipinski definition) is 2. The lowest BCUT2D eigenvalue weighted by atomic mass is 10.0. The lowest BCUT2D eigenvalue weighted by Gasteiger charge is -2.14. The Morgan fingerprint density at radius 3 is 2.54 bits per heavy atom. The third-order valence-corrected chi connectivity index (χ3v) is 4.75. The number of nitrogens with zero attached hydrogens (tertiary/aromatic N) is 1. The monoisotopic (exact) mass is 411 g/mol. The summed E-state index contributed by atoms with van der Waals surface area (Å²) in [5.74, 6) is -0.407. The molecule has 0 aliphatic rings. The standard InChI is InChI=1S/C21H22BrN3O/c1-4-16-6-8-17(9-7-16)15(3)25-21(26)18(12-23)13-24-20-10-5-14(2)11-19(20)22/h5-11,13,15,24H,4H2,1-3H3,(H,25,26)/b18-13-. The second kappa shape index (κ2) is 9.21. The maximum absolute atomic E-state index is 12.4. The summed E-state index contributed by atoms with van der Waals surface area (Å²) in [6.07, 6.45) is 2.40. The third-order valence-electron chi connectivity index (χ3n) is 4.10. The number of aryl methyl sites for hydroxylation is 2. The first kappa shape index (κ1) is 19.7. The highest BCUT2D eigenvalue weighted by atomic mass is 79.9. The van der Waals surface area contributed by atoms with Gasteiger partial charge in [-0.2, -0.15) is 5.26 Å². The van der Waals surface area contributed by atoms with Crippen molar-refractivity contribution in [2.45, 2.75) is 33.2 Å². The molecule has 1 amide bonds. The predicted octanol–water partition coefficient (Wildman–Crippen LogP) is 5.02. The summed E-state index contributed by atoms with van der Waals surface area (Å²) in [7, 11) is 0. The average molecular weight is 412 g/mol. The van der Waals surface area contributed by atoms with Crippen LogP contribution in [-0.2, 0) is 11.2 Å². The molecule has 26 heavy (non-hydrogen) atoms. The maximum Gasteiger partial charge on any atom is 0.263 e. The number of rotatable bonds is 6. The van der Waals surface area contributed by atoms with Gasteiger partial charge in [-0.05, 0) is 65.0 Å². The molecule has 0 aliphatic carbocycles. The predicted molar refractivity (Wildman–Crippen MR) is 109 cm³/mol. The maximum atomic E-state index is 12.4. The van der Waals surface area contributed by atoms with E-state index in [2.05, 4.69) is 45.6 Å². The van der Waals surface area contributed by atoms with Crippen molar-refractivity contribution >= 4 is 27.5 Å². The zero-order valence-corrected chi connectivity index (χ0v) is 16.7. The smallest absolute Gasteiger partial charge is 0.263 e. The molecule has 0 heterocycles. The molecular formula is C21H22BrN3O. The molecule has 2 aromatic rings. The number of nitriles is 1. The van der Waals surface area contributed by atoms with Gasteiger partial charge in [0.05, 0.1) is 11.7 Å². The molecule has 134 valence electrons. The van der Waals surface area contributed by atoms with Crippen molar-refractivity contribution in [1.29, 1.82) is 5.26 Å². The largest absolute Gasteiger partial charge is 0.359 e. The van der Waals surface area contributed by atoms with Gasteiger partial charge >= 0.3 is 0 Å². The Kier molecular flexibility index (Phi) is 6.99. The number of carbonyl (C=O) groups is 1. The van der Waals surface area contributed by atoms with Crippen molar-refractivity contribution in [1.82, 2.24) is 5.32 Å². The van der Waals surface area contributed by atoms with Crippen LogP contribution in [-0.4, -0.2) is 5.91 Å². The van der Waals surface area contributed by atoms with Crippen LogP contribution in [0.15, 0.2) is 58.7 Å². The molecule has 2 aromatic carbocycles. The van der Waals surface area contributed by atoms with E-state index >= 15 is 0 Å². The molecule has 2 N–H and O–H groups in total. The second-order valence-electron chi connectivity index (χ2n) is 6.09. The van der Waals surface area contributed by atoms with Crippen molar-refractivity contribution < 1.29 is 4.79 Å². The molecule has 0 spiro atoms. The van der Waals surface area contributed by atoms with Crippen LogP contribution < -0.4 is 10.6 Å². The first-order valence-corrected chi connectivity index (χ1v) is 9.26. The van der Waals surface area contributed by atoms with E-state index in [1.54, 1.807) is 0 Å². The number of carbonyl (C=O) groups excluding carboxylic acids is 1. The van der Waals surface area contributed by atoms with Gasteiger partial charge in [0.1, 0.15) is 11.6 Å². The first-order valence-electron chi connectivity index (χ1n) is 8.47. The van der Waals surface area contributed by atoms with Gasteiger partial charge in [0.15, 0.2) is 0 Å². The summed E-state index contributed by atoms with van der Waals surface area (Å²) in [4.78, 5) is 12.4. The van der Waals surface area contributed by atoms with E-state index in [9.17, 15) is 10.1 Å². The Morgan fingerprint density at radius 2 is 1.96 bits per heavy atom. The zero-order valence-electron chi connectivity index (χ0n) is 15.1. The van der Waals surface area contributed by atoms with Crippen molar-refractivity contribution in [3.63, 3.8) is 0 Å². The Bertz CT molecular complexity index is 851. The number of halogens is 1. The first-order chi connectivity index (χ1) is 12.4. The van der Waals surface area contributed by atoms with Crippen molar-refractivity contribution in [2.24, 2.45) is 0 Å². The molecule has 5 heteroatoms. The van der Waals surface area contributed by atoms with Crippen molar-refractivity contribution in [3.8, 4) is 6.07 Å². The van der Waals surface area contributed by atoms with E-state index in [1.165, 1.54) is 11.8 Å². The van der Waals surface area contributed by atoms with Crippen LogP contribution in [0.4, 0.5) is 5.69 Å². The summed E-state index contributed by atoms with van der Waals surface area (Å²) >= 11 is 3.46. The quantitative estimate of drug-likeness (QED) is 0.518. The molecular weight excluding hydrogens is 390 g/mol. The molecule has 0 aliphatic heterocycles. The molecule has 1 atom stereocenters. The van der Waals surface area contributed by atoms with Gasteiger partial charge in [0, 0.05) is 10.7 Å². The number of hydrogen-bond acceptors (Lipinski definition) is 3. The molecule has 0 fully saturated rings. The van der Waals surface area contributed by atoms with Crippen LogP contribution in [0.2, 0.25) is 0 Å². The van der Waals surface area contributed by atoms with Gasteiger partial charge in [-0.1, -0.05) is 37.3 Å². The minimum absolute atomic E-state index is 0.0227. The van der Waals surface area contributed by atoms with Gasteiger partial charge in [-0.15, -0.1) is 0 Å². The number of benzene rings is 2. The SMILES string of the molecule is CCc1ccc(C(C)NC(=O)/C(C#N)=C\Nc2ccc(C)cc2Br)cc1. The summed E-state index contributed by atoms with van der Waals surface area (Å²) in [6, 6.07) is 15.7. The van der Waals surface area contributed by atoms with Crippen LogP contribution >= 0.6 is 15.9 Å². The lowest BCUT2D eigenvalue weighted by Crippen LogP contribution is -2.28. The second-order valence-corrected chi connectivity index (χ2v) is 6.94. The van der Waals surface area contributed by atoms with Crippen LogP contribution in [0.3, 0.4) is 0 Å². The van der Waals surface area contributed by atoms with Gasteiger partial charge in [-0.25, -0.2) is 0 Å². The lowest BCUT2D eigenvalue weighted by molar-refractivity contribution is -0.117. The zero-order chi connectivity index (χ0) is 19.1. The van der Waals surface area contributed by atoms with Crippen LogP contribution in [0, 0.1) is 18.3 Å². The van der Waals surface area contributed by atoms with Gasteiger partial charge in [0.25, 0.3) is 5.91 Å². The van der Waals surface area contributed by atoms with E-state index < -0.39 is 5.91 Å². The topological polar surface area (TPSA) is 64.9 Å². The summed E-state index contributed by atoms with van der Waals surface area (Å²) < 4.78 is 0.871. The molecule has 0 saturated heterocycles. The Hall–Kier alpha value is -2.58. The molecule has 0 aromatic heterocycles. The Labute approximate surface area is 163 Å². The van der Waals surface area contributed by atoms with Crippen LogP contribution in [0.25, 0.3) is 0 Å². The van der Waals surface area contributed by atoms with E-state index in [0.29, 0.717) is 0 Å². The minimum Gasteiger partial charge on any atom is -0.359 e. The van der Waals surface area contributed by atoms with E-state index in [4.69, 9.17) is 0 Å². The van der Waals surface area contributed by atoms with Crippen LogP contribution in [0.1, 0.15) is 36.6 Å². The van der Waals surface area contributed by atoms with Gasteiger partial charge in [0.2, 0.25) is 0 Å². The fraction of sp³-hybridized carbons (Fsp3) is 0.238. The van der Waals surface area contributed by atoms with E-state index in [0.717, 1.165) is 27.7 Å². The Balaban J connectivity index is 2.06. The molecule has 1 unspecified atom stereocenters. The van der Waals surface area contributed by atoms with E-state index in [-0.39, 0.29) is 11.6 Å². The minimum atomic E-state index is -0.407. The third kappa shape index (κ3) is 5.21. The highest BCUT2D eigenvalue weighted by Crippen LogP contribution is 2.23. The Morgan fingerprint density at radius 1 is 1.27 bits per heavy atom. The van der Waals surface area contributed by atoms with Gasteiger partial charge in [-0.3, -0.25) is 4.79 Å². The van der Waals surface area contributed by atoms with E-state index in [1.807, 2.05) is 50.2 Å². The fourth-order valence-corrected chi connectivity index (χ4v) is 3.04. The van der Waals surface area contributed by atoms with Crippen molar-refractivity contribution in [3.05, 3.63) is 75.4 Å². The highest BCUT2D eigenvalue weighted by molar-refractivity contribution is 9.10. The summed E-state index contributed by atoms with van der Waals surface area (Å²) in [5.41, 5.74) is 4.18. The molecule has 2 rings (SSSR count). The fourth-order valence-electron chi connectivity index (χ4n) is 2.44. The number of nitrogens with one attached hydrogen (secondary N) is 2. The van der Waals surface area contributed by atoms with Gasteiger partial charge < -0.3 is 10.6 Å². The van der Waals surface area contributed by atoms with Crippen LogP contribution in [0.5, 0.6) is 0 Å². The molecule has 4 nitrogen and oxygen atoms in total. The normalized spacial score (nSPS) is 12.2. The van der Waals surface area contributed by atoms with Crippen molar-refractivity contribution in [2.75, 3.05) is 5.32 Å². The molecule has 0 saturated carbocycles. The summed E-state index contributed by atoms with van der Waals surface area (Å²) in [5, 5.41) is 15.2. The molecule has 0 radical (unpaired) electrons. The molecule has 0 bridgehead atoms. The highest BCUT2D eigenvalue weighted by Gasteiger charge is 2.14. The summed E-state index contributed by atoms with van der Waals surface area (Å²) in [6.45, 7) is 5.99. The number of anilines is 1. The average Bonchev–Trinajstić information content (AvgIpc) is 2.63. The number of amides is 1.